The molecule has 0 spiro atoms. The van der Waals surface area contributed by atoms with E-state index in [4.69, 9.17) is 0 Å². The van der Waals surface area contributed by atoms with Crippen LogP contribution in [0.4, 0.5) is 0 Å². The Morgan fingerprint density at radius 3 is 2.47 bits per heavy atom. The molecule has 15 heavy (non-hydrogen) atoms. The summed E-state index contributed by atoms with van der Waals surface area (Å²) in [6.07, 6.45) is 3.74. The zero-order valence-electron chi connectivity index (χ0n) is 10.6. The van der Waals surface area contributed by atoms with Crippen molar-refractivity contribution in [3.63, 3.8) is 0 Å². The molecule has 0 aliphatic carbocycles. The van der Waals surface area contributed by atoms with Gasteiger partial charge < -0.3 is 10.6 Å². The summed E-state index contributed by atoms with van der Waals surface area (Å²) in [6, 6.07) is 0.827. The lowest BCUT2D eigenvalue weighted by Gasteiger charge is -2.13. The fraction of sp³-hybridized carbons (Fsp3) is 0.917. The standard InChI is InChI=1S/C12H26N2O/c1-5-7-11(4)14-12(15)8-6-9-13-10(2)3/h10-11,13H,5-9H2,1-4H3,(H,14,15). The third-order valence-corrected chi connectivity index (χ3v) is 2.26. The van der Waals surface area contributed by atoms with Crippen LogP contribution in [0.5, 0.6) is 0 Å². The maximum atomic E-state index is 11.4. The molecule has 0 aromatic heterocycles. The van der Waals surface area contributed by atoms with E-state index in [1.807, 2.05) is 0 Å². The Morgan fingerprint density at radius 1 is 1.27 bits per heavy atom. The van der Waals surface area contributed by atoms with E-state index in [2.05, 4.69) is 38.3 Å². The molecule has 0 heterocycles. The van der Waals surface area contributed by atoms with Crippen molar-refractivity contribution in [2.45, 2.75) is 65.5 Å². The van der Waals surface area contributed by atoms with Gasteiger partial charge in [0.05, 0.1) is 0 Å². The van der Waals surface area contributed by atoms with E-state index in [1.54, 1.807) is 0 Å². The van der Waals surface area contributed by atoms with Gasteiger partial charge in [-0.1, -0.05) is 27.2 Å². The Bertz CT molecular complexity index is 169. The molecule has 1 amide bonds. The van der Waals surface area contributed by atoms with Crippen LogP contribution in [0, 0.1) is 0 Å². The van der Waals surface area contributed by atoms with Crippen LogP contribution in [0.2, 0.25) is 0 Å². The van der Waals surface area contributed by atoms with Crippen LogP contribution < -0.4 is 10.6 Å². The zero-order chi connectivity index (χ0) is 11.7. The van der Waals surface area contributed by atoms with Crippen LogP contribution in [0.25, 0.3) is 0 Å². The molecule has 0 bridgehead atoms. The zero-order valence-corrected chi connectivity index (χ0v) is 10.6. The van der Waals surface area contributed by atoms with Crippen LogP contribution in [0.15, 0.2) is 0 Å². The van der Waals surface area contributed by atoms with E-state index in [0.29, 0.717) is 18.5 Å². The van der Waals surface area contributed by atoms with Crippen molar-refractivity contribution >= 4 is 5.91 Å². The van der Waals surface area contributed by atoms with Crippen molar-refractivity contribution in [2.75, 3.05) is 6.54 Å². The molecule has 3 nitrogen and oxygen atoms in total. The molecule has 0 aromatic carbocycles. The Kier molecular flexibility index (Phi) is 8.38. The van der Waals surface area contributed by atoms with Crippen molar-refractivity contribution in [3.05, 3.63) is 0 Å². The highest BCUT2D eigenvalue weighted by Gasteiger charge is 2.05. The molecule has 2 N–H and O–H groups in total. The molecule has 0 aliphatic heterocycles. The molecule has 0 aliphatic rings. The highest BCUT2D eigenvalue weighted by Crippen LogP contribution is 1.96. The van der Waals surface area contributed by atoms with Gasteiger partial charge in [0.2, 0.25) is 5.91 Å². The lowest BCUT2D eigenvalue weighted by Crippen LogP contribution is -2.33. The summed E-state index contributed by atoms with van der Waals surface area (Å²) in [4.78, 5) is 11.4. The number of carbonyl (C=O) groups excluding carboxylic acids is 1. The molecular weight excluding hydrogens is 188 g/mol. The summed E-state index contributed by atoms with van der Waals surface area (Å²) >= 11 is 0. The monoisotopic (exact) mass is 214 g/mol. The molecule has 90 valence electrons. The fourth-order valence-electron chi connectivity index (χ4n) is 1.49. The second-order valence-corrected chi connectivity index (χ2v) is 4.47. The van der Waals surface area contributed by atoms with Crippen molar-refractivity contribution in [1.82, 2.24) is 10.6 Å². The van der Waals surface area contributed by atoms with E-state index in [-0.39, 0.29) is 5.91 Å². The van der Waals surface area contributed by atoms with Gasteiger partial charge in [-0.05, 0) is 26.3 Å². The van der Waals surface area contributed by atoms with Gasteiger partial charge in [-0.2, -0.15) is 0 Å². The minimum atomic E-state index is 0.182. The minimum Gasteiger partial charge on any atom is -0.354 e. The lowest BCUT2D eigenvalue weighted by atomic mass is 10.2. The van der Waals surface area contributed by atoms with E-state index in [1.165, 1.54) is 0 Å². The van der Waals surface area contributed by atoms with Crippen molar-refractivity contribution < 1.29 is 4.79 Å². The number of hydrogen-bond donors (Lipinski definition) is 2. The number of hydrogen-bond acceptors (Lipinski definition) is 2. The van der Waals surface area contributed by atoms with Crippen molar-refractivity contribution in [1.29, 1.82) is 0 Å². The molecule has 0 saturated heterocycles. The number of rotatable bonds is 8. The topological polar surface area (TPSA) is 41.1 Å². The first-order chi connectivity index (χ1) is 7.06. The summed E-state index contributed by atoms with van der Waals surface area (Å²) in [6.45, 7) is 9.35. The first-order valence-electron chi connectivity index (χ1n) is 6.09. The maximum absolute atomic E-state index is 11.4. The Labute approximate surface area is 94.0 Å². The summed E-state index contributed by atoms with van der Waals surface area (Å²) < 4.78 is 0. The quantitative estimate of drug-likeness (QED) is 0.607. The summed E-state index contributed by atoms with van der Waals surface area (Å²) in [5.74, 6) is 0.182. The Balaban J connectivity index is 3.40. The number of amides is 1. The van der Waals surface area contributed by atoms with Gasteiger partial charge in [0.25, 0.3) is 0 Å². The highest BCUT2D eigenvalue weighted by atomic mass is 16.1. The normalized spacial score (nSPS) is 12.9. The van der Waals surface area contributed by atoms with Crippen LogP contribution >= 0.6 is 0 Å². The Hall–Kier alpha value is -0.570. The fourth-order valence-corrected chi connectivity index (χ4v) is 1.49. The Morgan fingerprint density at radius 2 is 1.93 bits per heavy atom. The molecule has 0 fully saturated rings. The van der Waals surface area contributed by atoms with Gasteiger partial charge in [-0.25, -0.2) is 0 Å². The highest BCUT2D eigenvalue weighted by molar-refractivity contribution is 5.76. The van der Waals surface area contributed by atoms with E-state index >= 15 is 0 Å². The molecule has 1 atom stereocenters. The van der Waals surface area contributed by atoms with Gasteiger partial charge in [0, 0.05) is 18.5 Å². The number of carbonyl (C=O) groups is 1. The van der Waals surface area contributed by atoms with Gasteiger partial charge in [0.15, 0.2) is 0 Å². The average Bonchev–Trinajstić information content (AvgIpc) is 2.12. The molecule has 0 aromatic rings. The first kappa shape index (κ1) is 14.4. The predicted octanol–water partition coefficient (Wildman–Crippen LogP) is 2.07. The second-order valence-electron chi connectivity index (χ2n) is 4.47. The van der Waals surface area contributed by atoms with Crippen LogP contribution in [0.1, 0.15) is 53.4 Å². The second kappa shape index (κ2) is 8.72. The summed E-state index contributed by atoms with van der Waals surface area (Å²) in [5.41, 5.74) is 0. The maximum Gasteiger partial charge on any atom is 0.220 e. The molecule has 0 rings (SSSR count). The third kappa shape index (κ3) is 9.73. The molecular formula is C12H26N2O. The van der Waals surface area contributed by atoms with Crippen molar-refractivity contribution in [2.24, 2.45) is 0 Å². The van der Waals surface area contributed by atoms with Crippen molar-refractivity contribution in [3.8, 4) is 0 Å². The minimum absolute atomic E-state index is 0.182. The third-order valence-electron chi connectivity index (χ3n) is 2.26. The molecule has 0 saturated carbocycles. The summed E-state index contributed by atoms with van der Waals surface area (Å²) in [7, 11) is 0. The van der Waals surface area contributed by atoms with Crippen LogP contribution in [-0.4, -0.2) is 24.5 Å². The lowest BCUT2D eigenvalue weighted by molar-refractivity contribution is -0.121. The smallest absolute Gasteiger partial charge is 0.220 e. The van der Waals surface area contributed by atoms with Gasteiger partial charge in [0.1, 0.15) is 0 Å². The number of nitrogens with one attached hydrogen (secondary N) is 2. The summed E-state index contributed by atoms with van der Waals surface area (Å²) in [5, 5.41) is 6.30. The molecule has 3 heteroatoms. The van der Waals surface area contributed by atoms with Crippen LogP contribution in [-0.2, 0) is 4.79 Å². The average molecular weight is 214 g/mol. The van der Waals surface area contributed by atoms with Gasteiger partial charge in [-0.15, -0.1) is 0 Å². The van der Waals surface area contributed by atoms with E-state index < -0.39 is 0 Å². The predicted molar refractivity (Wildman–Crippen MR) is 64.9 cm³/mol. The van der Waals surface area contributed by atoms with Gasteiger partial charge >= 0.3 is 0 Å². The van der Waals surface area contributed by atoms with Crippen LogP contribution in [0.3, 0.4) is 0 Å². The SMILES string of the molecule is CCCC(C)NC(=O)CCCNC(C)C. The molecule has 0 radical (unpaired) electrons. The van der Waals surface area contributed by atoms with E-state index in [0.717, 1.165) is 25.8 Å². The molecule has 1 unspecified atom stereocenters. The largest absolute Gasteiger partial charge is 0.354 e. The first-order valence-corrected chi connectivity index (χ1v) is 6.09. The van der Waals surface area contributed by atoms with Gasteiger partial charge in [-0.3, -0.25) is 4.79 Å². The van der Waals surface area contributed by atoms with E-state index in [9.17, 15) is 4.79 Å².